The molecule has 0 bridgehead atoms. The lowest BCUT2D eigenvalue weighted by Crippen LogP contribution is -3.61. The zero-order valence-corrected chi connectivity index (χ0v) is 61.4. The molecule has 6 aromatic rings. The van der Waals surface area contributed by atoms with Crippen LogP contribution in [0.2, 0.25) is 43.3 Å². The second kappa shape index (κ2) is 36.3. The van der Waals surface area contributed by atoms with Gasteiger partial charge in [-0.15, -0.1) is 0 Å². The zero-order valence-electron chi connectivity index (χ0n) is 57.2. The normalized spacial score (nSPS) is 13.4. The molecular weight excluding hydrogens is 1540 g/mol. The summed E-state index contributed by atoms with van der Waals surface area (Å²) < 4.78 is 350. The van der Waals surface area contributed by atoms with Crippen molar-refractivity contribution in [1.29, 1.82) is 0 Å². The third-order valence-electron chi connectivity index (χ3n) is 18.7. The van der Waals surface area contributed by atoms with Crippen molar-refractivity contribution in [2.45, 2.75) is 229 Å². The molecule has 0 fully saturated rings. The average molecular weight is 1630 g/mol. The molecule has 0 saturated heterocycles. The lowest BCUT2D eigenvalue weighted by atomic mass is 9.12. The highest BCUT2D eigenvalue weighted by Gasteiger charge is 2.48. The fourth-order valence-electron chi connectivity index (χ4n) is 13.2. The van der Waals surface area contributed by atoms with Crippen LogP contribution in [-0.2, 0) is 49.4 Å². The van der Waals surface area contributed by atoms with Gasteiger partial charge in [0.2, 0.25) is 0 Å². The highest BCUT2D eigenvalue weighted by atomic mass is 127. The molecule has 0 radical (unpaired) electrons. The van der Waals surface area contributed by atoms with Crippen molar-refractivity contribution in [2.75, 3.05) is 7.11 Å². The highest BCUT2D eigenvalue weighted by molar-refractivity contribution is 7.20. The van der Waals surface area contributed by atoms with Gasteiger partial charge in [0.05, 0.1) is 67.8 Å². The molecule has 568 valence electrons. The molecule has 29 heteroatoms. The monoisotopic (exact) mass is 1630 g/mol. The summed E-state index contributed by atoms with van der Waals surface area (Å²) in [6.45, 7) is 12.4. The van der Waals surface area contributed by atoms with Crippen molar-refractivity contribution in [3.8, 4) is 5.75 Å². The molecule has 0 atom stereocenters. The van der Waals surface area contributed by atoms with E-state index in [2.05, 4.69) is 82.4 Å². The van der Waals surface area contributed by atoms with Crippen LogP contribution in [0.15, 0.2) is 121 Å². The summed E-state index contributed by atoms with van der Waals surface area (Å²) >= 11 is -0.158. The van der Waals surface area contributed by atoms with Gasteiger partial charge in [-0.1, -0.05) is 246 Å². The molecule has 0 spiro atoms. The van der Waals surface area contributed by atoms with Crippen molar-refractivity contribution in [3.63, 3.8) is 0 Å². The second-order valence-electron chi connectivity index (χ2n) is 26.9. The Morgan fingerprint density at radius 1 is 0.304 bits per heavy atom. The molecule has 0 unspecified atom stereocenters. The Labute approximate surface area is 592 Å². The van der Waals surface area contributed by atoms with E-state index in [9.17, 15) is 105 Å². The van der Waals surface area contributed by atoms with Gasteiger partial charge in [0.1, 0.15) is 11.9 Å². The maximum Gasteiger partial charge on any atom is 0.416 e. The summed E-state index contributed by atoms with van der Waals surface area (Å²) in [4.78, 5) is 0. The molecule has 102 heavy (non-hydrogen) atoms. The van der Waals surface area contributed by atoms with Crippen LogP contribution < -0.4 is 53.0 Å². The van der Waals surface area contributed by atoms with Crippen LogP contribution >= 0.6 is 0 Å². The summed E-state index contributed by atoms with van der Waals surface area (Å²) in [5.41, 5.74) is -30.2. The zero-order chi connectivity index (χ0) is 76.6. The third-order valence-corrected chi connectivity index (χ3v) is 30.8. The van der Waals surface area contributed by atoms with Crippen LogP contribution in [0, 0.1) is 7.14 Å². The molecule has 6 aromatic carbocycles. The van der Waals surface area contributed by atoms with Crippen LogP contribution in [0.4, 0.5) is 105 Å². The van der Waals surface area contributed by atoms with Crippen LogP contribution in [0.3, 0.4) is 0 Å². The molecule has 1 nitrogen and oxygen atoms in total. The standard InChI is InChI=1S/C41H72IOSi2.C32H12BF24/c1-7-10-13-16-19-25-32-45(33-26-20-17-14-11-8-2,34-27-21-18-15-12-9-3)36-35-44(5,6)41-37-39(30-31-40(41)43-4)42-38-28-23-22-24-29-38;34-25(35,36)13-1-14(26(37,38)39)6-21(5-13)33(22-7-15(27(40,41)42)2-16(8-22)28(43,44)45,23-9-17(29(46,47)48)3-18(10-23)30(49,50)51)24-11-19(31(52,53)54)4-20(12-24)32(55,56)57/h22-24,28-31,37H,7-21,25-27,32-36H2,1-6H3;1-12H/q+1;-1. The van der Waals surface area contributed by atoms with Gasteiger partial charge in [0.25, 0.3) is 0 Å². The van der Waals surface area contributed by atoms with Crippen molar-refractivity contribution in [2.24, 2.45) is 0 Å². The Morgan fingerprint density at radius 3 is 0.824 bits per heavy atom. The Kier molecular flexibility index (Phi) is 31.1. The van der Waals surface area contributed by atoms with Gasteiger partial charge >= 0.3 is 70.6 Å². The first-order valence-electron chi connectivity index (χ1n) is 33.9. The summed E-state index contributed by atoms with van der Waals surface area (Å²) in [5.74, 6) is 1.16. The van der Waals surface area contributed by atoms with E-state index in [4.69, 9.17) is 4.74 Å². The van der Waals surface area contributed by atoms with Gasteiger partial charge in [-0.25, -0.2) is 0 Å². The Balaban J connectivity index is 0.000000378. The number of hydrogen-bond donors (Lipinski definition) is 0. The maximum atomic E-state index is 14.2. The largest absolute Gasteiger partial charge is 0.497 e. The molecule has 0 saturated carbocycles. The summed E-state index contributed by atoms with van der Waals surface area (Å²) in [7, 11) is -1.12. The van der Waals surface area contributed by atoms with Gasteiger partial charge in [-0.2, -0.15) is 127 Å². The third kappa shape index (κ3) is 25.2. The number of halogens is 25. The van der Waals surface area contributed by atoms with Gasteiger partial charge in [-0.05, 0) is 59.8 Å². The van der Waals surface area contributed by atoms with Crippen LogP contribution in [0.1, 0.15) is 181 Å². The van der Waals surface area contributed by atoms with Crippen molar-refractivity contribution in [3.05, 3.63) is 173 Å². The number of methoxy groups -OCH3 is 1. The predicted molar refractivity (Wildman–Crippen MR) is 354 cm³/mol. The minimum absolute atomic E-state index is 0.158. The van der Waals surface area contributed by atoms with E-state index in [1.165, 1.54) is 125 Å². The highest BCUT2D eigenvalue weighted by Crippen LogP contribution is 2.43. The molecule has 0 amide bonds. The quantitative estimate of drug-likeness (QED) is 0.0177. The molecule has 0 aliphatic heterocycles. The molecule has 0 aromatic heterocycles. The molecule has 0 aliphatic carbocycles. The SMILES string of the molecule is CCCCCCCC[Si](CCCCCCCC)(CCCCCCCC)CC[Si](C)(C)c1cc([I+]c2ccccc2)ccc1OC.FC(F)(F)c1cc([B-](c2cc(C(F)(F)F)cc(C(F)(F)F)c2)(c2cc(C(F)(F)F)cc(C(F)(F)F)c2)c2cc(C(F)(F)F)cc(C(F)(F)F)c2)cc(C(F)(F)F)c1. The number of hydrogen-bond acceptors (Lipinski definition) is 1. The lowest BCUT2D eigenvalue weighted by Gasteiger charge is -2.46. The van der Waals surface area contributed by atoms with E-state index in [-0.39, 0.29) is 21.2 Å². The van der Waals surface area contributed by atoms with E-state index in [0.29, 0.717) is 0 Å². The smallest absolute Gasteiger partial charge is 0.416 e. The van der Waals surface area contributed by atoms with Gasteiger partial charge in [0, 0.05) is 0 Å². The Hall–Kier alpha value is -5.33. The Bertz CT molecular complexity index is 3110. The van der Waals surface area contributed by atoms with Crippen molar-refractivity contribution in [1.82, 2.24) is 0 Å². The summed E-state index contributed by atoms with van der Waals surface area (Å²) in [5, 5.41) is 1.58. The number of benzene rings is 6. The number of rotatable bonds is 32. The average Bonchev–Trinajstić information content (AvgIpc) is 0.708. The van der Waals surface area contributed by atoms with E-state index in [1.807, 2.05) is 7.11 Å². The minimum atomic E-state index is -6.13. The fourth-order valence-corrected chi connectivity index (χ4v) is 26.6. The lowest BCUT2D eigenvalue weighted by molar-refractivity contribution is -0.597. The number of unbranched alkanes of at least 4 members (excludes halogenated alkanes) is 15. The van der Waals surface area contributed by atoms with Gasteiger partial charge in [-0.3, -0.25) is 0 Å². The molecule has 6 rings (SSSR count). The molecular formula is C73H84BF24IOSi2. The number of alkyl halides is 24. The van der Waals surface area contributed by atoms with E-state index >= 15 is 0 Å². The Morgan fingerprint density at radius 2 is 0.569 bits per heavy atom. The van der Waals surface area contributed by atoms with Crippen molar-refractivity contribution < 1.29 is 131 Å². The van der Waals surface area contributed by atoms with Crippen LogP contribution in [0.5, 0.6) is 5.75 Å². The van der Waals surface area contributed by atoms with Crippen molar-refractivity contribution >= 4 is 49.3 Å². The molecule has 0 N–H and O–H groups in total. The molecule has 0 heterocycles. The first-order chi connectivity index (χ1) is 47.2. The van der Waals surface area contributed by atoms with Crippen LogP contribution in [-0.4, -0.2) is 29.4 Å². The predicted octanol–water partition coefficient (Wildman–Crippen LogP) is 21.5. The minimum Gasteiger partial charge on any atom is -0.497 e. The van der Waals surface area contributed by atoms with E-state index in [0.717, 1.165) is 5.75 Å². The maximum absolute atomic E-state index is 14.2. The number of ether oxygens (including phenoxy) is 1. The molecule has 0 aliphatic rings. The first kappa shape index (κ1) is 87.3. The fraction of sp³-hybridized carbons (Fsp3) is 0.507. The first-order valence-corrected chi connectivity index (χ1v) is 42.1. The van der Waals surface area contributed by atoms with E-state index < -0.39 is 211 Å². The van der Waals surface area contributed by atoms with Crippen LogP contribution in [0.25, 0.3) is 0 Å². The summed E-state index contributed by atoms with van der Waals surface area (Å²) in [6, 6.07) is 17.4. The van der Waals surface area contributed by atoms with E-state index in [1.54, 1.807) is 32.9 Å². The topological polar surface area (TPSA) is 9.23 Å². The van der Waals surface area contributed by atoms with Gasteiger partial charge in [0.15, 0.2) is 7.14 Å². The van der Waals surface area contributed by atoms with Gasteiger partial charge < -0.3 is 4.74 Å². The summed E-state index contributed by atoms with van der Waals surface area (Å²) in [6.07, 6.45) is -28.8. The second-order valence-corrected chi connectivity index (χ2v) is 39.7.